The van der Waals surface area contributed by atoms with E-state index in [4.69, 9.17) is 16.0 Å². The van der Waals surface area contributed by atoms with Crippen molar-refractivity contribution in [2.45, 2.75) is 53.8 Å². The van der Waals surface area contributed by atoms with Gasteiger partial charge in [-0.15, -0.1) is 0 Å². The predicted molar refractivity (Wildman–Crippen MR) is 153 cm³/mol. The number of anilines is 4. The molecule has 8 nitrogen and oxygen atoms in total. The lowest BCUT2D eigenvalue weighted by molar-refractivity contribution is 0.0996. The van der Waals surface area contributed by atoms with Crippen LogP contribution in [0.2, 0.25) is 5.02 Å². The molecule has 0 saturated heterocycles. The van der Waals surface area contributed by atoms with Crippen LogP contribution in [0, 0.1) is 19.3 Å². The van der Waals surface area contributed by atoms with Gasteiger partial charge in [-0.05, 0) is 49.1 Å². The predicted octanol–water partition coefficient (Wildman–Crippen LogP) is 5.74. The summed E-state index contributed by atoms with van der Waals surface area (Å²) >= 11 is 6.52. The Labute approximate surface area is 230 Å². The van der Waals surface area contributed by atoms with Crippen molar-refractivity contribution in [3.63, 3.8) is 0 Å². The first-order valence-electron chi connectivity index (χ1n) is 12.7. The molecule has 1 aromatic heterocycles. The highest BCUT2D eigenvalue weighted by Gasteiger charge is 2.37. The quantitative estimate of drug-likeness (QED) is 0.253. The van der Waals surface area contributed by atoms with E-state index in [1.807, 2.05) is 58.9 Å². The third-order valence-corrected chi connectivity index (χ3v) is 7.52. The number of aryl methyl sites for hydroxylation is 2. The monoisotopic (exact) mass is 547 g/mol. The minimum Gasteiger partial charge on any atom is -0.464 e. The average Bonchev–Trinajstić information content (AvgIpc) is 3.47. The number of halogens is 1. The minimum atomic E-state index is -0.673. The number of amides is 1. The van der Waals surface area contributed by atoms with Crippen LogP contribution in [0.3, 0.4) is 0 Å². The molecule has 1 amide bonds. The molecule has 3 aromatic carbocycles. The molecular weight excluding hydrogens is 518 g/mol. The molecule has 0 bridgehead atoms. The highest BCUT2D eigenvalue weighted by Crippen LogP contribution is 2.41. The van der Waals surface area contributed by atoms with Crippen LogP contribution >= 0.6 is 11.6 Å². The second kappa shape index (κ2) is 9.70. The number of para-hydroxylation sites is 1. The molecule has 1 aliphatic rings. The Kier molecular flexibility index (Phi) is 6.64. The zero-order valence-electron chi connectivity index (χ0n) is 22.4. The van der Waals surface area contributed by atoms with Crippen molar-refractivity contribution in [2.75, 3.05) is 15.5 Å². The van der Waals surface area contributed by atoms with Crippen LogP contribution in [0.1, 0.15) is 65.4 Å². The van der Waals surface area contributed by atoms with E-state index in [1.54, 1.807) is 23.1 Å². The van der Waals surface area contributed by atoms with E-state index < -0.39 is 10.9 Å². The van der Waals surface area contributed by atoms with Crippen molar-refractivity contribution in [2.24, 2.45) is 5.41 Å². The van der Waals surface area contributed by atoms with Gasteiger partial charge < -0.3 is 25.1 Å². The summed E-state index contributed by atoms with van der Waals surface area (Å²) in [5.74, 6) is 1.07. The normalized spacial score (nSPS) is 14.1. The molecule has 3 N–H and O–H groups in total. The Bertz CT molecular complexity index is 1670. The molecule has 1 atom stereocenters. The Morgan fingerprint density at radius 1 is 1.03 bits per heavy atom. The van der Waals surface area contributed by atoms with Crippen molar-refractivity contribution < 1.29 is 14.3 Å². The fourth-order valence-electron chi connectivity index (χ4n) is 5.16. The van der Waals surface area contributed by atoms with Gasteiger partial charge in [-0.2, -0.15) is 0 Å². The van der Waals surface area contributed by atoms with Gasteiger partial charge in [-0.3, -0.25) is 14.4 Å². The maximum absolute atomic E-state index is 13.8. The molecule has 0 unspecified atom stereocenters. The Morgan fingerprint density at radius 3 is 2.38 bits per heavy atom. The van der Waals surface area contributed by atoms with Crippen molar-refractivity contribution in [3.8, 4) is 0 Å². The fourth-order valence-corrected chi connectivity index (χ4v) is 5.37. The van der Waals surface area contributed by atoms with Gasteiger partial charge in [0.15, 0.2) is 0 Å². The first-order chi connectivity index (χ1) is 18.4. The van der Waals surface area contributed by atoms with Crippen LogP contribution in [-0.4, -0.2) is 11.0 Å². The van der Waals surface area contributed by atoms with Crippen molar-refractivity contribution in [1.29, 1.82) is 0 Å². The van der Waals surface area contributed by atoms with E-state index in [0.717, 1.165) is 11.3 Å². The summed E-state index contributed by atoms with van der Waals surface area (Å²) in [6.45, 7) is 9.72. The van der Waals surface area contributed by atoms with Crippen LogP contribution < -0.4 is 26.4 Å². The molecule has 0 radical (unpaired) electrons. The topological polar surface area (TPSA) is 112 Å². The van der Waals surface area contributed by atoms with E-state index in [0.29, 0.717) is 38.8 Å². The standard InChI is InChI=1S/C30H30ClN3O5/c1-15-7-6-8-17(14-35)25(15)34-13-18-19(31)10-11-20(22(18)29(34)38)32-23-24(27(37)26(23)36)33-28(30(3,4)5)21-12-9-16(2)39-21/h6-12,28,32-33,35H,13-14H2,1-5H3/t28-/m0/s1. The van der Waals surface area contributed by atoms with E-state index in [9.17, 15) is 19.5 Å². The number of nitrogens with zero attached hydrogens (tertiary/aromatic N) is 1. The van der Waals surface area contributed by atoms with Crippen molar-refractivity contribution >= 4 is 40.3 Å². The zero-order chi connectivity index (χ0) is 28.2. The molecule has 1 aliphatic heterocycles. The molecule has 39 heavy (non-hydrogen) atoms. The van der Waals surface area contributed by atoms with Gasteiger partial charge in [0.1, 0.15) is 22.9 Å². The Hall–Kier alpha value is -3.88. The number of carbonyl (C=O) groups excluding carboxylic acids is 1. The highest BCUT2D eigenvalue weighted by atomic mass is 35.5. The van der Waals surface area contributed by atoms with Crippen LogP contribution in [0.5, 0.6) is 0 Å². The average molecular weight is 548 g/mol. The first-order valence-corrected chi connectivity index (χ1v) is 13.1. The number of aliphatic hydroxyl groups is 1. The summed E-state index contributed by atoms with van der Waals surface area (Å²) in [6.07, 6.45) is 0. The lowest BCUT2D eigenvalue weighted by Gasteiger charge is -2.31. The summed E-state index contributed by atoms with van der Waals surface area (Å²) in [4.78, 5) is 40.8. The Balaban J connectivity index is 1.52. The molecule has 202 valence electrons. The smallest absolute Gasteiger partial charge is 0.261 e. The van der Waals surface area contributed by atoms with Gasteiger partial charge in [-0.1, -0.05) is 50.6 Å². The van der Waals surface area contributed by atoms with Gasteiger partial charge in [-0.25, -0.2) is 0 Å². The van der Waals surface area contributed by atoms with Crippen LogP contribution in [0.4, 0.5) is 22.7 Å². The second-order valence-corrected chi connectivity index (χ2v) is 11.4. The molecule has 0 saturated carbocycles. The summed E-state index contributed by atoms with van der Waals surface area (Å²) in [5.41, 5.74) is 1.95. The fraction of sp³-hybridized carbons (Fsp3) is 0.300. The zero-order valence-corrected chi connectivity index (χ0v) is 23.2. The molecule has 0 fully saturated rings. The lowest BCUT2D eigenvalue weighted by atomic mass is 9.85. The van der Waals surface area contributed by atoms with E-state index in [-0.39, 0.29) is 41.9 Å². The summed E-state index contributed by atoms with van der Waals surface area (Å²) in [7, 11) is 0. The number of furan rings is 1. The number of hydrogen-bond donors (Lipinski definition) is 3. The van der Waals surface area contributed by atoms with Crippen LogP contribution in [-0.2, 0) is 13.2 Å². The third kappa shape index (κ3) is 4.53. The SMILES string of the molecule is Cc1ccc([C@H](Nc2c(Nc3ccc(Cl)c4c3C(=O)N(c3c(C)cccc3CO)C4)c(=O)c2=O)C(C)(C)C)o1. The van der Waals surface area contributed by atoms with Crippen LogP contribution in [0.25, 0.3) is 0 Å². The Morgan fingerprint density at radius 2 is 1.74 bits per heavy atom. The highest BCUT2D eigenvalue weighted by molar-refractivity contribution is 6.33. The van der Waals surface area contributed by atoms with E-state index in [2.05, 4.69) is 10.6 Å². The number of rotatable bonds is 7. The third-order valence-electron chi connectivity index (χ3n) is 7.16. The maximum Gasteiger partial charge on any atom is 0.261 e. The van der Waals surface area contributed by atoms with Crippen molar-refractivity contribution in [1.82, 2.24) is 0 Å². The number of aliphatic hydroxyl groups excluding tert-OH is 1. The number of nitrogens with one attached hydrogen (secondary N) is 2. The molecule has 2 heterocycles. The molecule has 9 heteroatoms. The number of benzene rings is 2. The number of fused-ring (bicyclic) bond motifs is 1. The van der Waals surface area contributed by atoms with E-state index in [1.165, 1.54) is 0 Å². The van der Waals surface area contributed by atoms with Crippen molar-refractivity contribution in [3.05, 3.63) is 102 Å². The molecular formula is C30H30ClN3O5. The lowest BCUT2D eigenvalue weighted by Crippen LogP contribution is -2.39. The molecule has 5 rings (SSSR count). The van der Waals surface area contributed by atoms with Gasteiger partial charge in [0.2, 0.25) is 0 Å². The van der Waals surface area contributed by atoms with Gasteiger partial charge >= 0.3 is 0 Å². The summed E-state index contributed by atoms with van der Waals surface area (Å²) < 4.78 is 5.84. The van der Waals surface area contributed by atoms with Crippen LogP contribution in [0.15, 0.2) is 56.5 Å². The molecule has 0 aliphatic carbocycles. The second-order valence-electron chi connectivity index (χ2n) is 11.0. The minimum absolute atomic E-state index is 0.0836. The molecule has 4 aromatic rings. The number of carbonyl (C=O) groups is 1. The van der Waals surface area contributed by atoms with Gasteiger partial charge in [0.25, 0.3) is 16.8 Å². The summed E-state index contributed by atoms with van der Waals surface area (Å²) in [5, 5.41) is 16.6. The van der Waals surface area contributed by atoms with Gasteiger partial charge in [0.05, 0.1) is 36.1 Å². The number of hydrogen-bond acceptors (Lipinski definition) is 7. The maximum atomic E-state index is 13.8. The summed E-state index contributed by atoms with van der Waals surface area (Å²) in [6, 6.07) is 12.1. The van der Waals surface area contributed by atoms with E-state index >= 15 is 0 Å². The first kappa shape index (κ1) is 26.7. The van der Waals surface area contributed by atoms with Gasteiger partial charge in [0, 0.05) is 16.1 Å². The molecule has 0 spiro atoms. The largest absolute Gasteiger partial charge is 0.464 e.